The molecule has 1 amide bonds. The lowest BCUT2D eigenvalue weighted by Gasteiger charge is -2.13. The highest BCUT2D eigenvalue weighted by Gasteiger charge is 2.13. The number of amides is 1. The Kier molecular flexibility index (Phi) is 4.34. The van der Waals surface area contributed by atoms with Gasteiger partial charge in [-0.15, -0.1) is 0 Å². The van der Waals surface area contributed by atoms with Crippen LogP contribution in [0.4, 0.5) is 0 Å². The van der Waals surface area contributed by atoms with Crippen molar-refractivity contribution in [1.29, 1.82) is 0 Å². The number of fused-ring (bicyclic) bond motifs is 1. The van der Waals surface area contributed by atoms with Crippen LogP contribution in [-0.4, -0.2) is 25.2 Å². The molecule has 0 fully saturated rings. The Morgan fingerprint density at radius 3 is 2.83 bits per heavy atom. The molecular formula is C16H18ClN5O. The van der Waals surface area contributed by atoms with E-state index in [0.29, 0.717) is 11.6 Å². The van der Waals surface area contributed by atoms with Gasteiger partial charge in [0.2, 0.25) is 5.91 Å². The Balaban J connectivity index is 1.73. The van der Waals surface area contributed by atoms with Crippen molar-refractivity contribution in [2.45, 2.75) is 33.0 Å². The van der Waals surface area contributed by atoms with E-state index in [4.69, 9.17) is 11.6 Å². The highest BCUT2D eigenvalue weighted by Crippen LogP contribution is 2.20. The summed E-state index contributed by atoms with van der Waals surface area (Å²) < 4.78 is 3.64. The Morgan fingerprint density at radius 2 is 2.13 bits per heavy atom. The third-order valence-electron chi connectivity index (χ3n) is 3.54. The molecule has 120 valence electrons. The number of nitrogens with one attached hydrogen (secondary N) is 1. The van der Waals surface area contributed by atoms with Gasteiger partial charge < -0.3 is 9.88 Å². The molecule has 3 aromatic rings. The molecule has 0 aliphatic carbocycles. The molecule has 7 heteroatoms. The van der Waals surface area contributed by atoms with E-state index in [1.165, 1.54) is 10.9 Å². The molecule has 3 rings (SSSR count). The van der Waals surface area contributed by atoms with Crippen LogP contribution in [0, 0.1) is 0 Å². The van der Waals surface area contributed by atoms with Gasteiger partial charge in [0.25, 0.3) is 0 Å². The van der Waals surface area contributed by atoms with Gasteiger partial charge in [-0.25, -0.2) is 4.98 Å². The van der Waals surface area contributed by atoms with Gasteiger partial charge in [-0.05, 0) is 26.0 Å². The van der Waals surface area contributed by atoms with Crippen LogP contribution >= 0.6 is 11.6 Å². The van der Waals surface area contributed by atoms with E-state index in [-0.39, 0.29) is 18.5 Å². The van der Waals surface area contributed by atoms with E-state index < -0.39 is 0 Å². The number of aromatic nitrogens is 4. The van der Waals surface area contributed by atoms with E-state index in [1.54, 1.807) is 6.20 Å². The zero-order valence-electron chi connectivity index (χ0n) is 13.0. The van der Waals surface area contributed by atoms with E-state index in [2.05, 4.69) is 33.8 Å². The van der Waals surface area contributed by atoms with E-state index in [9.17, 15) is 4.79 Å². The monoisotopic (exact) mass is 331 g/mol. The summed E-state index contributed by atoms with van der Waals surface area (Å²) in [6.07, 6.45) is 3.12. The summed E-state index contributed by atoms with van der Waals surface area (Å²) >= 11 is 5.79. The minimum atomic E-state index is -0.132. The molecule has 0 unspecified atom stereocenters. The molecule has 0 bridgehead atoms. The molecule has 23 heavy (non-hydrogen) atoms. The number of rotatable bonds is 5. The number of para-hydroxylation sites is 2. The minimum absolute atomic E-state index is 0.132. The van der Waals surface area contributed by atoms with Crippen molar-refractivity contribution in [3.8, 4) is 0 Å². The quantitative estimate of drug-likeness (QED) is 0.782. The topological polar surface area (TPSA) is 64.7 Å². The van der Waals surface area contributed by atoms with Gasteiger partial charge in [-0.1, -0.05) is 23.7 Å². The van der Waals surface area contributed by atoms with Gasteiger partial charge in [-0.3, -0.25) is 9.48 Å². The average molecular weight is 332 g/mol. The predicted molar refractivity (Wildman–Crippen MR) is 89.2 cm³/mol. The Morgan fingerprint density at radius 1 is 1.35 bits per heavy atom. The maximum atomic E-state index is 12.0. The lowest BCUT2D eigenvalue weighted by molar-refractivity contribution is -0.122. The van der Waals surface area contributed by atoms with Crippen LogP contribution in [0.15, 0.2) is 36.7 Å². The molecule has 6 nitrogen and oxygen atoms in total. The van der Waals surface area contributed by atoms with Crippen molar-refractivity contribution in [1.82, 2.24) is 24.6 Å². The lowest BCUT2D eigenvalue weighted by Crippen LogP contribution is -2.28. The van der Waals surface area contributed by atoms with Crippen molar-refractivity contribution < 1.29 is 4.79 Å². The molecular weight excluding hydrogens is 314 g/mol. The molecule has 0 atom stereocenters. The third-order valence-corrected chi connectivity index (χ3v) is 3.73. The first-order valence-electron chi connectivity index (χ1n) is 7.45. The number of imidazole rings is 1. The fraction of sp³-hybridized carbons (Fsp3) is 0.312. The highest BCUT2D eigenvalue weighted by molar-refractivity contribution is 6.30. The lowest BCUT2D eigenvalue weighted by atomic mass is 10.3. The summed E-state index contributed by atoms with van der Waals surface area (Å²) in [5, 5.41) is 7.39. The van der Waals surface area contributed by atoms with E-state index in [1.807, 2.05) is 24.3 Å². The normalized spacial score (nSPS) is 11.3. The van der Waals surface area contributed by atoms with E-state index >= 15 is 0 Å². The Hall–Kier alpha value is -2.34. The minimum Gasteiger partial charge on any atom is -0.347 e. The van der Waals surface area contributed by atoms with Gasteiger partial charge in [0.15, 0.2) is 0 Å². The second-order valence-corrected chi connectivity index (χ2v) is 6.05. The fourth-order valence-electron chi connectivity index (χ4n) is 2.60. The first-order valence-corrected chi connectivity index (χ1v) is 7.83. The molecule has 0 spiro atoms. The second kappa shape index (κ2) is 6.42. The van der Waals surface area contributed by atoms with Gasteiger partial charge in [0, 0.05) is 12.2 Å². The molecule has 0 saturated carbocycles. The molecule has 0 radical (unpaired) electrons. The summed E-state index contributed by atoms with van der Waals surface area (Å²) in [6.45, 7) is 4.71. The van der Waals surface area contributed by atoms with Crippen molar-refractivity contribution >= 4 is 28.5 Å². The molecule has 2 heterocycles. The van der Waals surface area contributed by atoms with Crippen molar-refractivity contribution in [2.24, 2.45) is 0 Å². The molecule has 2 aromatic heterocycles. The predicted octanol–water partition coefficient (Wildman–Crippen LogP) is 2.78. The number of hydrogen-bond acceptors (Lipinski definition) is 3. The van der Waals surface area contributed by atoms with Crippen molar-refractivity contribution in [3.05, 3.63) is 47.5 Å². The van der Waals surface area contributed by atoms with Gasteiger partial charge in [0.1, 0.15) is 12.4 Å². The number of carbonyl (C=O) groups is 1. The largest absolute Gasteiger partial charge is 0.347 e. The smallest absolute Gasteiger partial charge is 0.242 e. The van der Waals surface area contributed by atoms with Crippen molar-refractivity contribution in [2.75, 3.05) is 0 Å². The zero-order valence-corrected chi connectivity index (χ0v) is 13.8. The number of carbonyl (C=O) groups excluding carboxylic acids is 1. The van der Waals surface area contributed by atoms with Crippen LogP contribution in [0.25, 0.3) is 11.0 Å². The van der Waals surface area contributed by atoms with Crippen LogP contribution < -0.4 is 5.32 Å². The maximum Gasteiger partial charge on any atom is 0.242 e. The molecule has 0 aliphatic rings. The third kappa shape index (κ3) is 3.37. The summed E-state index contributed by atoms with van der Waals surface area (Å²) in [5.74, 6) is 0.708. The van der Waals surface area contributed by atoms with Crippen molar-refractivity contribution in [3.63, 3.8) is 0 Å². The first kappa shape index (κ1) is 15.6. The number of halogens is 1. The first-order chi connectivity index (χ1) is 11.0. The van der Waals surface area contributed by atoms with Crippen LogP contribution in [0.2, 0.25) is 5.02 Å². The maximum absolute atomic E-state index is 12.0. The average Bonchev–Trinajstić information content (AvgIpc) is 3.08. The van der Waals surface area contributed by atoms with Gasteiger partial charge in [-0.2, -0.15) is 5.10 Å². The molecule has 0 aliphatic heterocycles. The van der Waals surface area contributed by atoms with Crippen LogP contribution in [-0.2, 0) is 17.9 Å². The number of nitrogens with zero attached hydrogens (tertiary/aromatic N) is 4. The fourth-order valence-corrected chi connectivity index (χ4v) is 2.76. The van der Waals surface area contributed by atoms with Gasteiger partial charge in [0.05, 0.1) is 28.8 Å². The number of benzene rings is 1. The van der Waals surface area contributed by atoms with Crippen LogP contribution in [0.5, 0.6) is 0 Å². The summed E-state index contributed by atoms with van der Waals surface area (Å²) in [5.41, 5.74) is 2.01. The SMILES string of the molecule is CC(C)n1c(CNC(=O)Cn2cc(Cl)cn2)nc2ccccc21. The summed E-state index contributed by atoms with van der Waals surface area (Å²) in [6, 6.07) is 8.24. The van der Waals surface area contributed by atoms with Crippen LogP contribution in [0.3, 0.4) is 0 Å². The summed E-state index contributed by atoms with van der Waals surface area (Å²) in [4.78, 5) is 16.7. The molecule has 1 N–H and O–H groups in total. The Labute approximate surface area is 139 Å². The Bertz CT molecular complexity index is 836. The zero-order chi connectivity index (χ0) is 16.4. The second-order valence-electron chi connectivity index (χ2n) is 5.61. The van der Waals surface area contributed by atoms with Gasteiger partial charge >= 0.3 is 0 Å². The molecule has 0 saturated heterocycles. The highest BCUT2D eigenvalue weighted by atomic mass is 35.5. The molecule has 1 aromatic carbocycles. The number of hydrogen-bond donors (Lipinski definition) is 1. The standard InChI is InChI=1S/C16H18ClN5O/c1-11(2)22-14-6-4-3-5-13(14)20-15(22)8-18-16(23)10-21-9-12(17)7-19-21/h3-7,9,11H,8,10H2,1-2H3,(H,18,23). The van der Waals surface area contributed by atoms with E-state index in [0.717, 1.165) is 16.9 Å². The summed E-state index contributed by atoms with van der Waals surface area (Å²) in [7, 11) is 0. The van der Waals surface area contributed by atoms with Crippen LogP contribution in [0.1, 0.15) is 25.7 Å².